The maximum Gasteiger partial charge on any atom is 0.330 e. The Bertz CT molecular complexity index is 470. The van der Waals surface area contributed by atoms with Gasteiger partial charge in [0.15, 0.2) is 0 Å². The Balaban J connectivity index is 0. The van der Waals surface area contributed by atoms with Gasteiger partial charge < -0.3 is 9.47 Å². The van der Waals surface area contributed by atoms with Crippen molar-refractivity contribution in [2.45, 2.75) is 19.9 Å². The predicted octanol–water partition coefficient (Wildman–Crippen LogP) is 1.80. The van der Waals surface area contributed by atoms with Gasteiger partial charge >= 0.3 is 11.9 Å². The molecule has 0 saturated heterocycles. The van der Waals surface area contributed by atoms with Crippen LogP contribution < -0.4 is 0 Å². The first-order chi connectivity index (χ1) is 9.99. The SMILES string of the molecule is CC(C)N=Cc1ccccn1.COC(=O)/C=C/C(=O)OC.[Pd]. The molecule has 0 N–H and O–H groups in total. The summed E-state index contributed by atoms with van der Waals surface area (Å²) in [5, 5.41) is 0. The molecule has 1 rings (SSSR count). The van der Waals surface area contributed by atoms with Gasteiger partial charge in [-0.2, -0.15) is 0 Å². The number of esters is 2. The van der Waals surface area contributed by atoms with Gasteiger partial charge in [0.1, 0.15) is 0 Å². The second-order valence-electron chi connectivity index (χ2n) is 4.01. The number of pyridine rings is 1. The summed E-state index contributed by atoms with van der Waals surface area (Å²) < 4.78 is 8.42. The second kappa shape index (κ2) is 14.1. The number of carbonyl (C=O) groups is 2. The Morgan fingerprint density at radius 2 is 1.68 bits per heavy atom. The molecule has 0 spiro atoms. The third-order valence-electron chi connectivity index (χ3n) is 1.95. The van der Waals surface area contributed by atoms with Crippen molar-refractivity contribution < 1.29 is 39.5 Å². The first-order valence-corrected chi connectivity index (χ1v) is 6.27. The summed E-state index contributed by atoms with van der Waals surface area (Å²) in [7, 11) is 2.45. The van der Waals surface area contributed by atoms with Crippen LogP contribution in [-0.4, -0.2) is 43.4 Å². The van der Waals surface area contributed by atoms with Crippen molar-refractivity contribution in [2.75, 3.05) is 14.2 Å². The van der Waals surface area contributed by atoms with Crippen LogP contribution in [0.4, 0.5) is 0 Å². The molecular formula is C15H20N2O4Pd. The monoisotopic (exact) mass is 398 g/mol. The van der Waals surface area contributed by atoms with E-state index in [1.165, 1.54) is 14.2 Å². The van der Waals surface area contributed by atoms with E-state index < -0.39 is 11.9 Å². The van der Waals surface area contributed by atoms with Crippen LogP contribution >= 0.6 is 0 Å². The van der Waals surface area contributed by atoms with Gasteiger partial charge in [0, 0.05) is 51.0 Å². The zero-order valence-electron chi connectivity index (χ0n) is 13.0. The Hall–Kier alpha value is -1.84. The first kappa shape index (κ1) is 22.4. The molecule has 0 aliphatic carbocycles. The van der Waals surface area contributed by atoms with Crippen molar-refractivity contribution >= 4 is 18.2 Å². The number of ether oxygens (including phenoxy) is 2. The molecule has 124 valence electrons. The van der Waals surface area contributed by atoms with Gasteiger partial charge in [-0.05, 0) is 26.0 Å². The van der Waals surface area contributed by atoms with Crippen LogP contribution in [0.5, 0.6) is 0 Å². The summed E-state index contributed by atoms with van der Waals surface area (Å²) in [5.74, 6) is -1.16. The van der Waals surface area contributed by atoms with Gasteiger partial charge in [-0.25, -0.2) is 9.59 Å². The van der Waals surface area contributed by atoms with Crippen molar-refractivity contribution in [1.29, 1.82) is 0 Å². The molecule has 0 bridgehead atoms. The van der Waals surface area contributed by atoms with Gasteiger partial charge in [-0.1, -0.05) is 6.07 Å². The number of methoxy groups -OCH3 is 2. The molecule has 0 aromatic carbocycles. The standard InChI is InChI=1S/C9H12N2.C6H8O4.Pd/c1-8(2)11-7-9-5-3-4-6-10-9;1-9-5(7)3-4-6(8)10-2;/h3-8H,1-2H3;3-4H,1-2H3;/b;4-3+;. The number of aromatic nitrogens is 1. The minimum atomic E-state index is -0.578. The zero-order chi connectivity index (χ0) is 16.1. The molecule has 22 heavy (non-hydrogen) atoms. The number of nitrogens with zero attached hydrogens (tertiary/aromatic N) is 2. The van der Waals surface area contributed by atoms with Crippen LogP contribution in [0.1, 0.15) is 19.5 Å². The van der Waals surface area contributed by atoms with E-state index >= 15 is 0 Å². The van der Waals surface area contributed by atoms with Crippen molar-refractivity contribution in [1.82, 2.24) is 4.98 Å². The summed E-state index contributed by atoms with van der Waals surface area (Å²) in [6.07, 6.45) is 5.55. The van der Waals surface area contributed by atoms with E-state index in [9.17, 15) is 9.59 Å². The first-order valence-electron chi connectivity index (χ1n) is 6.27. The summed E-state index contributed by atoms with van der Waals surface area (Å²) in [6, 6.07) is 6.13. The Kier molecular flexibility index (Phi) is 14.4. The molecule has 0 unspecified atom stereocenters. The van der Waals surface area contributed by atoms with Crippen LogP contribution in [0.3, 0.4) is 0 Å². The fourth-order valence-corrected chi connectivity index (χ4v) is 0.950. The largest absolute Gasteiger partial charge is 0.466 e. The van der Waals surface area contributed by atoms with Gasteiger partial charge in [-0.15, -0.1) is 0 Å². The number of aliphatic imine (C=N–C) groups is 1. The second-order valence-corrected chi connectivity index (χ2v) is 4.01. The smallest absolute Gasteiger partial charge is 0.330 e. The average Bonchev–Trinajstić information content (AvgIpc) is 2.51. The topological polar surface area (TPSA) is 77.9 Å². The minimum Gasteiger partial charge on any atom is -0.466 e. The van der Waals surface area contributed by atoms with Crippen LogP contribution in [0.25, 0.3) is 0 Å². The van der Waals surface area contributed by atoms with E-state index in [1.807, 2.05) is 32.0 Å². The molecule has 7 heteroatoms. The van der Waals surface area contributed by atoms with E-state index in [4.69, 9.17) is 0 Å². The Morgan fingerprint density at radius 3 is 2.05 bits per heavy atom. The minimum absolute atomic E-state index is 0. The normalized spacial score (nSPS) is 9.86. The molecule has 0 aliphatic rings. The summed E-state index contributed by atoms with van der Waals surface area (Å²) in [4.78, 5) is 28.9. The van der Waals surface area contributed by atoms with Crippen LogP contribution in [-0.2, 0) is 39.5 Å². The van der Waals surface area contributed by atoms with E-state index in [1.54, 1.807) is 12.4 Å². The summed E-state index contributed by atoms with van der Waals surface area (Å²) in [6.45, 7) is 4.08. The average molecular weight is 399 g/mol. The van der Waals surface area contributed by atoms with Crippen molar-refractivity contribution in [3.63, 3.8) is 0 Å². The maximum absolute atomic E-state index is 10.3. The van der Waals surface area contributed by atoms with E-state index in [2.05, 4.69) is 19.5 Å². The maximum atomic E-state index is 10.3. The van der Waals surface area contributed by atoms with E-state index in [0.717, 1.165) is 17.8 Å². The fraction of sp³-hybridized carbons (Fsp3) is 0.333. The molecule has 0 radical (unpaired) electrons. The van der Waals surface area contributed by atoms with Crippen molar-refractivity contribution in [2.24, 2.45) is 4.99 Å². The summed E-state index contributed by atoms with van der Waals surface area (Å²) >= 11 is 0. The molecule has 0 saturated carbocycles. The molecule has 6 nitrogen and oxygen atoms in total. The molecule has 0 atom stereocenters. The number of hydrogen-bond acceptors (Lipinski definition) is 6. The fourth-order valence-electron chi connectivity index (χ4n) is 0.950. The Labute approximate surface area is 144 Å². The molecule has 0 amide bonds. The van der Waals surface area contributed by atoms with Crippen LogP contribution in [0.15, 0.2) is 41.5 Å². The zero-order valence-corrected chi connectivity index (χ0v) is 14.5. The molecule has 1 aromatic rings. The molecule has 0 fully saturated rings. The van der Waals surface area contributed by atoms with Gasteiger partial charge in [-0.3, -0.25) is 9.98 Å². The Morgan fingerprint density at radius 1 is 1.14 bits per heavy atom. The number of rotatable bonds is 4. The summed E-state index contributed by atoms with van der Waals surface area (Å²) in [5.41, 5.74) is 0.918. The number of hydrogen-bond donors (Lipinski definition) is 0. The molecule has 1 heterocycles. The van der Waals surface area contributed by atoms with Gasteiger partial charge in [0.05, 0.1) is 19.9 Å². The number of carbonyl (C=O) groups excluding carboxylic acids is 2. The van der Waals surface area contributed by atoms with E-state index in [0.29, 0.717) is 6.04 Å². The van der Waals surface area contributed by atoms with Crippen molar-refractivity contribution in [3.05, 3.63) is 42.2 Å². The quantitative estimate of drug-likeness (QED) is 0.334. The van der Waals surface area contributed by atoms with Gasteiger partial charge in [0.25, 0.3) is 0 Å². The third-order valence-corrected chi connectivity index (χ3v) is 1.95. The molecule has 0 aliphatic heterocycles. The molecule has 1 aromatic heterocycles. The van der Waals surface area contributed by atoms with Crippen LogP contribution in [0.2, 0.25) is 0 Å². The van der Waals surface area contributed by atoms with E-state index in [-0.39, 0.29) is 20.4 Å². The van der Waals surface area contributed by atoms with Crippen molar-refractivity contribution in [3.8, 4) is 0 Å². The molecular weight excluding hydrogens is 379 g/mol. The predicted molar refractivity (Wildman–Crippen MR) is 80.1 cm³/mol. The third kappa shape index (κ3) is 13.2. The van der Waals surface area contributed by atoms with Gasteiger partial charge in [0.2, 0.25) is 0 Å². The van der Waals surface area contributed by atoms with Crippen LogP contribution in [0, 0.1) is 0 Å².